The van der Waals surface area contributed by atoms with Gasteiger partial charge in [-0.15, -0.1) is 0 Å². The zero-order valence-corrected chi connectivity index (χ0v) is 15.1. The molecular weight excluding hydrogens is 343 g/mol. The normalized spacial score (nSPS) is 10.4. The topological polar surface area (TPSA) is 58.1 Å². The standard InChI is InChI=1S/C21H21FN4O/c1-2-26(18-9-4-3-5-10-18)21-24-14-17(15-25-21)20(27)23-13-12-16-8-6-7-11-19(16)22/h3-11,14-15H,2,12-13H2,1H3,(H,23,27). The number of aromatic nitrogens is 2. The number of halogens is 1. The number of amides is 1. The van der Waals surface area contributed by atoms with E-state index in [2.05, 4.69) is 15.3 Å². The Hall–Kier alpha value is -3.28. The van der Waals surface area contributed by atoms with Crippen LogP contribution in [0, 0.1) is 5.82 Å². The Morgan fingerprint density at radius 3 is 2.37 bits per heavy atom. The molecule has 0 aliphatic heterocycles. The fraction of sp³-hybridized carbons (Fsp3) is 0.190. The first kappa shape index (κ1) is 18.5. The summed E-state index contributed by atoms with van der Waals surface area (Å²) in [5, 5.41) is 2.77. The van der Waals surface area contributed by atoms with E-state index >= 15 is 0 Å². The molecule has 0 atom stereocenters. The van der Waals surface area contributed by atoms with E-state index in [0.29, 0.717) is 36.6 Å². The molecule has 5 nitrogen and oxygen atoms in total. The lowest BCUT2D eigenvalue weighted by Gasteiger charge is -2.20. The highest BCUT2D eigenvalue weighted by atomic mass is 19.1. The Labute approximate surface area is 157 Å². The van der Waals surface area contributed by atoms with Crippen molar-refractivity contribution in [2.24, 2.45) is 0 Å². The monoisotopic (exact) mass is 364 g/mol. The Kier molecular flexibility index (Phi) is 6.10. The predicted octanol–water partition coefficient (Wildman–Crippen LogP) is 3.75. The van der Waals surface area contributed by atoms with Crippen molar-refractivity contribution in [3.8, 4) is 0 Å². The molecule has 0 aliphatic rings. The first-order valence-corrected chi connectivity index (χ1v) is 8.85. The summed E-state index contributed by atoms with van der Waals surface area (Å²) in [5.74, 6) is -0.00717. The molecule has 0 unspecified atom stereocenters. The molecular formula is C21H21FN4O. The van der Waals surface area contributed by atoms with E-state index < -0.39 is 0 Å². The van der Waals surface area contributed by atoms with Crippen molar-refractivity contribution in [1.82, 2.24) is 15.3 Å². The van der Waals surface area contributed by atoms with Crippen LogP contribution >= 0.6 is 0 Å². The Morgan fingerprint density at radius 1 is 1.04 bits per heavy atom. The van der Waals surface area contributed by atoms with Gasteiger partial charge in [-0.25, -0.2) is 14.4 Å². The van der Waals surface area contributed by atoms with Gasteiger partial charge >= 0.3 is 0 Å². The molecule has 3 aromatic rings. The number of nitrogens with one attached hydrogen (secondary N) is 1. The van der Waals surface area contributed by atoms with Crippen LogP contribution in [0.15, 0.2) is 67.0 Å². The summed E-state index contributed by atoms with van der Waals surface area (Å²) < 4.78 is 13.6. The van der Waals surface area contributed by atoms with E-state index in [1.54, 1.807) is 18.2 Å². The third-order valence-corrected chi connectivity index (χ3v) is 4.16. The average molecular weight is 364 g/mol. The first-order chi connectivity index (χ1) is 13.2. The number of carbonyl (C=O) groups is 1. The molecule has 3 rings (SSSR count). The number of nitrogens with zero attached hydrogens (tertiary/aromatic N) is 3. The van der Waals surface area contributed by atoms with Crippen LogP contribution in [0.5, 0.6) is 0 Å². The number of carbonyl (C=O) groups excluding carboxylic acids is 1. The number of para-hydroxylation sites is 1. The lowest BCUT2D eigenvalue weighted by atomic mass is 10.1. The number of hydrogen-bond acceptors (Lipinski definition) is 4. The van der Waals surface area contributed by atoms with Crippen molar-refractivity contribution in [3.05, 3.63) is 83.9 Å². The summed E-state index contributed by atoms with van der Waals surface area (Å²) in [6.07, 6.45) is 3.44. The van der Waals surface area contributed by atoms with E-state index in [-0.39, 0.29) is 11.7 Å². The van der Waals surface area contributed by atoms with Crippen molar-refractivity contribution < 1.29 is 9.18 Å². The molecule has 0 aliphatic carbocycles. The second-order valence-electron chi connectivity index (χ2n) is 5.95. The molecule has 0 saturated heterocycles. The molecule has 1 aromatic heterocycles. The van der Waals surface area contributed by atoms with Crippen LogP contribution in [0.4, 0.5) is 16.0 Å². The Bertz CT molecular complexity index is 884. The third kappa shape index (κ3) is 4.67. The molecule has 0 spiro atoms. The maximum Gasteiger partial charge on any atom is 0.254 e. The minimum atomic E-state index is -0.277. The highest BCUT2D eigenvalue weighted by Gasteiger charge is 2.12. The molecule has 0 radical (unpaired) electrons. The fourth-order valence-electron chi connectivity index (χ4n) is 2.74. The van der Waals surface area contributed by atoms with E-state index in [4.69, 9.17) is 0 Å². The van der Waals surface area contributed by atoms with Gasteiger partial charge in [0.1, 0.15) is 5.82 Å². The third-order valence-electron chi connectivity index (χ3n) is 4.16. The summed E-state index contributed by atoms with van der Waals surface area (Å²) in [6.45, 7) is 3.06. The highest BCUT2D eigenvalue weighted by molar-refractivity contribution is 5.93. The van der Waals surface area contributed by atoms with Gasteiger partial charge in [-0.05, 0) is 37.1 Å². The molecule has 1 heterocycles. The van der Waals surface area contributed by atoms with E-state index in [0.717, 1.165) is 5.69 Å². The lowest BCUT2D eigenvalue weighted by Crippen LogP contribution is -2.26. The van der Waals surface area contributed by atoms with Gasteiger partial charge in [0.15, 0.2) is 0 Å². The van der Waals surface area contributed by atoms with Crippen molar-refractivity contribution in [3.63, 3.8) is 0 Å². The summed E-state index contributed by atoms with van der Waals surface area (Å²) in [7, 11) is 0. The highest BCUT2D eigenvalue weighted by Crippen LogP contribution is 2.20. The summed E-state index contributed by atoms with van der Waals surface area (Å²) in [5.41, 5.74) is 1.93. The molecule has 6 heteroatoms. The van der Waals surface area contributed by atoms with Gasteiger partial charge in [0.05, 0.1) is 5.56 Å². The van der Waals surface area contributed by atoms with Crippen molar-refractivity contribution >= 4 is 17.5 Å². The molecule has 2 aromatic carbocycles. The van der Waals surface area contributed by atoms with Crippen molar-refractivity contribution in [2.45, 2.75) is 13.3 Å². The van der Waals surface area contributed by atoms with Crippen LogP contribution < -0.4 is 10.2 Å². The largest absolute Gasteiger partial charge is 0.352 e. The van der Waals surface area contributed by atoms with Gasteiger partial charge in [-0.1, -0.05) is 36.4 Å². The van der Waals surface area contributed by atoms with Crippen LogP contribution in [-0.2, 0) is 6.42 Å². The quantitative estimate of drug-likeness (QED) is 0.694. The van der Waals surface area contributed by atoms with Crippen molar-refractivity contribution in [1.29, 1.82) is 0 Å². The Balaban J connectivity index is 1.61. The van der Waals surface area contributed by atoms with Crippen LogP contribution in [0.2, 0.25) is 0 Å². The van der Waals surface area contributed by atoms with Gasteiger partial charge in [-0.3, -0.25) is 4.79 Å². The van der Waals surface area contributed by atoms with Crippen molar-refractivity contribution in [2.75, 3.05) is 18.0 Å². The van der Waals surface area contributed by atoms with E-state index in [9.17, 15) is 9.18 Å². The maximum absolute atomic E-state index is 13.6. The zero-order chi connectivity index (χ0) is 19.1. The lowest BCUT2D eigenvalue weighted by molar-refractivity contribution is 0.0953. The Morgan fingerprint density at radius 2 is 1.70 bits per heavy atom. The number of rotatable bonds is 7. The smallest absolute Gasteiger partial charge is 0.254 e. The summed E-state index contributed by atoms with van der Waals surface area (Å²) in [4.78, 5) is 22.8. The SMILES string of the molecule is CCN(c1ccccc1)c1ncc(C(=O)NCCc2ccccc2F)cn1. The van der Waals surface area contributed by atoms with Crippen LogP contribution in [0.3, 0.4) is 0 Å². The van der Waals surface area contributed by atoms with Gasteiger partial charge < -0.3 is 10.2 Å². The summed E-state index contributed by atoms with van der Waals surface area (Å²) in [6, 6.07) is 16.4. The molecule has 138 valence electrons. The van der Waals surface area contributed by atoms with Gasteiger partial charge in [0.2, 0.25) is 5.95 Å². The number of benzene rings is 2. The minimum absolute atomic E-state index is 0.264. The molecule has 1 amide bonds. The molecule has 27 heavy (non-hydrogen) atoms. The van der Waals surface area contributed by atoms with Gasteiger partial charge in [0, 0.05) is 31.2 Å². The van der Waals surface area contributed by atoms with Gasteiger partial charge in [0.25, 0.3) is 5.91 Å². The molecule has 1 N–H and O–H groups in total. The van der Waals surface area contributed by atoms with E-state index in [1.165, 1.54) is 18.5 Å². The predicted molar refractivity (Wildman–Crippen MR) is 104 cm³/mol. The first-order valence-electron chi connectivity index (χ1n) is 8.85. The zero-order valence-electron chi connectivity index (χ0n) is 15.1. The summed E-state index contributed by atoms with van der Waals surface area (Å²) >= 11 is 0. The number of anilines is 2. The van der Waals surface area contributed by atoms with Crippen LogP contribution in [0.1, 0.15) is 22.8 Å². The van der Waals surface area contributed by atoms with Gasteiger partial charge in [-0.2, -0.15) is 0 Å². The number of hydrogen-bond donors (Lipinski definition) is 1. The maximum atomic E-state index is 13.6. The molecule has 0 saturated carbocycles. The van der Waals surface area contributed by atoms with E-state index in [1.807, 2.05) is 42.2 Å². The minimum Gasteiger partial charge on any atom is -0.352 e. The van der Waals surface area contributed by atoms with Crippen LogP contribution in [-0.4, -0.2) is 29.0 Å². The van der Waals surface area contributed by atoms with Crippen LogP contribution in [0.25, 0.3) is 0 Å². The second kappa shape index (κ2) is 8.89. The fourth-order valence-corrected chi connectivity index (χ4v) is 2.74. The molecule has 0 bridgehead atoms. The second-order valence-corrected chi connectivity index (χ2v) is 5.95. The molecule has 0 fully saturated rings. The average Bonchev–Trinajstić information content (AvgIpc) is 2.71.